The molecule has 4 amide bonds. The molecular weight excluding hydrogens is 1130 g/mol. The van der Waals surface area contributed by atoms with Gasteiger partial charge in [-0.15, -0.1) is 5.10 Å². The predicted octanol–water partition coefficient (Wildman–Crippen LogP) is 11.2. The highest BCUT2D eigenvalue weighted by atomic mass is 32.2. The van der Waals surface area contributed by atoms with Crippen LogP contribution in [0.25, 0.3) is 0 Å². The summed E-state index contributed by atoms with van der Waals surface area (Å²) in [6.45, 7) is 5.57. The number of hydrogen-bond donors (Lipinski definition) is 9. The van der Waals surface area contributed by atoms with E-state index in [-0.39, 0.29) is 43.8 Å². The molecule has 2 saturated heterocycles. The van der Waals surface area contributed by atoms with Crippen LogP contribution in [0, 0.1) is 0 Å². The highest BCUT2D eigenvalue weighted by Gasteiger charge is 2.42. The van der Waals surface area contributed by atoms with Crippen molar-refractivity contribution in [2.45, 2.75) is 331 Å². The molecule has 19 nitrogen and oxygen atoms in total. The Morgan fingerprint density at radius 2 is 1.09 bits per heavy atom. The van der Waals surface area contributed by atoms with Gasteiger partial charge in [0.15, 0.2) is 0 Å². The molecule has 0 aromatic carbocycles. The summed E-state index contributed by atoms with van der Waals surface area (Å²) < 4.78 is 24.4. The summed E-state index contributed by atoms with van der Waals surface area (Å²) in [6.07, 6.45) is 42.8. The highest BCUT2D eigenvalue weighted by molar-refractivity contribution is 8.00. The molecule has 3 heterocycles. The summed E-state index contributed by atoms with van der Waals surface area (Å²) in [6, 6.07) is -1.51. The van der Waals surface area contributed by atoms with Gasteiger partial charge in [0.05, 0.1) is 89.9 Å². The van der Waals surface area contributed by atoms with Crippen molar-refractivity contribution < 1.29 is 58.9 Å². The van der Waals surface area contributed by atoms with Crippen molar-refractivity contribution in [1.82, 2.24) is 36.3 Å². The summed E-state index contributed by atoms with van der Waals surface area (Å²) in [4.78, 5) is 38.4. The second-order valence-corrected chi connectivity index (χ2v) is 26.4. The van der Waals surface area contributed by atoms with Crippen LogP contribution in [0.2, 0.25) is 0 Å². The van der Waals surface area contributed by atoms with Crippen LogP contribution in [-0.2, 0) is 35.1 Å². The molecule has 3 rings (SSSR count). The van der Waals surface area contributed by atoms with Crippen LogP contribution in [-0.4, -0.2) is 171 Å². The maximum atomic E-state index is 14.4. The molecule has 1 aromatic heterocycles. The number of rotatable bonds is 63. The van der Waals surface area contributed by atoms with Gasteiger partial charge in [-0.2, -0.15) is 11.8 Å². The van der Waals surface area contributed by atoms with Crippen LogP contribution < -0.4 is 21.3 Å². The number of aromatic nitrogens is 3. The number of aliphatic hydroxyl groups excluding tert-OH is 5. The van der Waals surface area contributed by atoms with E-state index in [0.717, 1.165) is 76.4 Å². The number of nitrogens with one attached hydrogen (secondary N) is 4. The van der Waals surface area contributed by atoms with Crippen molar-refractivity contribution in [3.8, 4) is 0 Å². The van der Waals surface area contributed by atoms with E-state index < -0.39 is 49.0 Å². The number of urea groups is 1. The second kappa shape index (κ2) is 53.9. The fourth-order valence-electron chi connectivity index (χ4n) is 11.8. The van der Waals surface area contributed by atoms with E-state index in [9.17, 15) is 39.9 Å². The van der Waals surface area contributed by atoms with Crippen LogP contribution in [0.5, 0.6) is 0 Å². The number of ether oxygens (including phenoxy) is 4. The number of hydrogen-bond acceptors (Lipinski definition) is 15. The Labute approximate surface area is 530 Å². The fourth-order valence-corrected chi connectivity index (χ4v) is 13.3. The van der Waals surface area contributed by atoms with Crippen LogP contribution in [0.1, 0.15) is 282 Å². The summed E-state index contributed by atoms with van der Waals surface area (Å²) >= 11 is 1.89. The number of thioether (sulfide) groups is 1. The third-order valence-electron chi connectivity index (χ3n) is 17.4. The normalized spacial score (nSPS) is 17.8. The van der Waals surface area contributed by atoms with Gasteiger partial charge in [-0.25, -0.2) is 9.48 Å². The van der Waals surface area contributed by atoms with Gasteiger partial charge >= 0.3 is 6.03 Å². The van der Waals surface area contributed by atoms with E-state index in [1.807, 2.05) is 11.8 Å². The molecule has 0 radical (unpaired) electrons. The number of nitrogens with zero attached hydrogens (tertiary/aromatic N) is 3. The van der Waals surface area contributed by atoms with Crippen molar-refractivity contribution >= 4 is 29.6 Å². The first-order valence-corrected chi connectivity index (χ1v) is 36.4. The molecule has 0 bridgehead atoms. The Morgan fingerprint density at radius 3 is 1.62 bits per heavy atom. The average molecular weight is 1250 g/mol. The van der Waals surface area contributed by atoms with E-state index in [1.165, 1.54) is 172 Å². The van der Waals surface area contributed by atoms with Crippen LogP contribution in [0.15, 0.2) is 6.20 Å². The average Bonchev–Trinajstić information content (AvgIpc) is 2.32. The van der Waals surface area contributed by atoms with Gasteiger partial charge in [0, 0.05) is 24.0 Å². The zero-order chi connectivity index (χ0) is 62.6. The van der Waals surface area contributed by atoms with Crippen LogP contribution >= 0.6 is 11.8 Å². The minimum absolute atomic E-state index is 0.00644. The van der Waals surface area contributed by atoms with Crippen LogP contribution in [0.4, 0.5) is 4.79 Å². The monoisotopic (exact) mass is 1250 g/mol. The maximum Gasteiger partial charge on any atom is 0.315 e. The minimum Gasteiger partial charge on any atom is -0.394 e. The number of amides is 4. The van der Waals surface area contributed by atoms with Gasteiger partial charge in [-0.1, -0.05) is 244 Å². The van der Waals surface area contributed by atoms with E-state index in [1.54, 1.807) is 6.20 Å². The van der Waals surface area contributed by atoms with Gasteiger partial charge in [0.1, 0.15) is 30.0 Å². The molecule has 0 saturated carbocycles. The molecule has 1 aromatic rings. The quantitative estimate of drug-likeness (QED) is 0.0217. The lowest BCUT2D eigenvalue weighted by molar-refractivity contribution is -0.129. The zero-order valence-corrected chi connectivity index (χ0v) is 55.5. The van der Waals surface area contributed by atoms with Crippen molar-refractivity contribution in [2.24, 2.45) is 0 Å². The molecule has 508 valence electrons. The highest BCUT2D eigenvalue weighted by Crippen LogP contribution is 2.33. The van der Waals surface area contributed by atoms with Crippen molar-refractivity contribution in [3.05, 3.63) is 11.9 Å². The molecule has 2 fully saturated rings. The number of aliphatic hydroxyl groups is 5. The van der Waals surface area contributed by atoms with Gasteiger partial charge < -0.3 is 65.7 Å². The third kappa shape index (κ3) is 39.4. The Hall–Kier alpha value is -2.66. The first kappa shape index (κ1) is 78.6. The number of unbranched alkanes of at least 4 members (excludes halogenated alkanes) is 33. The summed E-state index contributed by atoms with van der Waals surface area (Å²) in [7, 11) is 0. The minimum atomic E-state index is -1.42. The predicted molar refractivity (Wildman–Crippen MR) is 349 cm³/mol. The molecule has 9 atom stereocenters. The van der Waals surface area contributed by atoms with Crippen molar-refractivity contribution in [2.75, 3.05) is 65.2 Å². The Balaban J connectivity index is 1.41. The number of carbonyl (C=O) groups is 3. The first-order valence-electron chi connectivity index (χ1n) is 35.4. The lowest BCUT2D eigenvalue weighted by atomic mass is 9.98. The van der Waals surface area contributed by atoms with E-state index in [2.05, 4.69) is 45.4 Å². The van der Waals surface area contributed by atoms with E-state index in [0.29, 0.717) is 69.8 Å². The SMILES string of the molecule is CCCCCCCCCCCCCCCCCCCCCCCC[C@@H](C(=O)N[C@@H](COC[C@H](O)[C@@H](O)CO)[C@H](O)[C@H](O)CCCCCCCCCCCCCC)n1cc(COCCOCCOCCNC(=O)CCCC[C@@H]2SC[C@@H]3NC(=O)N[C@@H]32)nn1. The van der Waals surface area contributed by atoms with E-state index in [4.69, 9.17) is 18.9 Å². The maximum absolute atomic E-state index is 14.4. The third-order valence-corrected chi connectivity index (χ3v) is 18.9. The second-order valence-electron chi connectivity index (χ2n) is 25.1. The van der Waals surface area contributed by atoms with Gasteiger partial charge in [0.2, 0.25) is 11.8 Å². The first-order chi connectivity index (χ1) is 42.6. The molecule has 87 heavy (non-hydrogen) atoms. The number of carbonyl (C=O) groups excluding carboxylic acids is 3. The van der Waals surface area contributed by atoms with E-state index >= 15 is 0 Å². The number of fused-ring (bicyclic) bond motifs is 1. The lowest BCUT2D eigenvalue weighted by Crippen LogP contribution is -2.53. The molecular formula is C67H127N7O12S. The lowest BCUT2D eigenvalue weighted by Gasteiger charge is -2.30. The fraction of sp³-hybridized carbons (Fsp3) is 0.925. The van der Waals surface area contributed by atoms with Crippen molar-refractivity contribution in [3.63, 3.8) is 0 Å². The summed E-state index contributed by atoms with van der Waals surface area (Å²) in [5, 5.41) is 73.4. The Bertz CT molecular complexity index is 1790. The molecule has 2 aliphatic heterocycles. The largest absolute Gasteiger partial charge is 0.394 e. The molecule has 20 heteroatoms. The summed E-state index contributed by atoms with van der Waals surface area (Å²) in [5.41, 5.74) is 0.531. The topological polar surface area (TPSA) is 268 Å². The molecule has 0 aliphatic carbocycles. The van der Waals surface area contributed by atoms with Gasteiger partial charge in [-0.05, 0) is 25.7 Å². The molecule has 9 N–H and O–H groups in total. The van der Waals surface area contributed by atoms with Crippen molar-refractivity contribution in [1.29, 1.82) is 0 Å². The van der Waals surface area contributed by atoms with Gasteiger partial charge in [-0.3, -0.25) is 9.59 Å². The van der Waals surface area contributed by atoms with Crippen LogP contribution in [0.3, 0.4) is 0 Å². The Kier molecular flexibility index (Phi) is 48.7. The molecule has 0 spiro atoms. The smallest absolute Gasteiger partial charge is 0.315 e. The molecule has 2 aliphatic rings. The van der Waals surface area contributed by atoms with Gasteiger partial charge in [0.25, 0.3) is 0 Å². The standard InChI is InChI=1S/C67H127N7O12S/c1-3-5-7-9-11-13-15-17-18-19-20-21-22-23-24-25-26-27-29-31-33-35-39-58(66(81)69-56(52-86-53-61(78)60(77)50-75)65(80)59(76)40-36-34-32-30-28-16-14-12-10-8-6-4-2)74-49-55(72-73-74)51-85-48-47-84-46-45-83-44-43-68-63(79)42-38-37-41-62-64-57(54-87-62)70-67(82)71-64/h49,56-62,64-65,75-78,80H,3-48,50-54H2,1-2H3,(H,68,79)(H,69,81)(H2,70,71,82)/t56-,57-,58-,59+,60-,61-,62-,64-,65-/m0/s1. The Morgan fingerprint density at radius 1 is 0.598 bits per heavy atom. The zero-order valence-electron chi connectivity index (χ0n) is 54.7. The molecule has 0 unspecified atom stereocenters. The summed E-state index contributed by atoms with van der Waals surface area (Å²) in [5.74, 6) is 0.522.